The molecule has 0 aliphatic rings. The van der Waals surface area contributed by atoms with E-state index in [2.05, 4.69) is 40.5 Å². The van der Waals surface area contributed by atoms with Crippen LogP contribution in [-0.4, -0.2) is 21.9 Å². The van der Waals surface area contributed by atoms with Crippen LogP contribution in [0.5, 0.6) is 0 Å². The summed E-state index contributed by atoms with van der Waals surface area (Å²) in [5, 5.41) is 15.0. The Morgan fingerprint density at radius 3 is 2.46 bits per heavy atom. The van der Waals surface area contributed by atoms with Crippen LogP contribution in [0.1, 0.15) is 36.3 Å². The number of hydrogen-bond donors (Lipinski definition) is 2. The van der Waals surface area contributed by atoms with Crippen molar-refractivity contribution in [3.8, 4) is 17.5 Å². The molecule has 2 aromatic carbocycles. The van der Waals surface area contributed by atoms with Crippen LogP contribution in [0.25, 0.3) is 11.4 Å². The third-order valence-corrected chi connectivity index (χ3v) is 4.27. The summed E-state index contributed by atoms with van der Waals surface area (Å²) >= 11 is 0. The molecule has 0 fully saturated rings. The van der Waals surface area contributed by atoms with Gasteiger partial charge in [0.05, 0.1) is 11.6 Å². The molecule has 3 aromatic rings. The van der Waals surface area contributed by atoms with Gasteiger partial charge in [0.15, 0.2) is 5.82 Å². The zero-order valence-electron chi connectivity index (χ0n) is 15.8. The van der Waals surface area contributed by atoms with Crippen LogP contribution < -0.4 is 10.6 Å². The van der Waals surface area contributed by atoms with Gasteiger partial charge in [-0.15, -0.1) is 0 Å². The highest BCUT2D eigenvalue weighted by Crippen LogP contribution is 2.19. The lowest BCUT2D eigenvalue weighted by Gasteiger charge is -2.14. The molecular formula is C22H21N5O. The van der Waals surface area contributed by atoms with Gasteiger partial charge < -0.3 is 10.6 Å². The molecule has 0 spiro atoms. The number of rotatable bonds is 6. The molecule has 0 aliphatic carbocycles. The number of carbonyl (C=O) groups excluding carboxylic acids is 1. The molecule has 28 heavy (non-hydrogen) atoms. The third-order valence-electron chi connectivity index (χ3n) is 4.27. The first-order valence-electron chi connectivity index (χ1n) is 9.11. The van der Waals surface area contributed by atoms with E-state index in [1.54, 1.807) is 30.3 Å². The summed E-state index contributed by atoms with van der Waals surface area (Å²) < 4.78 is 0. The molecule has 0 saturated carbocycles. The van der Waals surface area contributed by atoms with E-state index in [4.69, 9.17) is 5.26 Å². The number of anilines is 2. The van der Waals surface area contributed by atoms with Crippen molar-refractivity contribution in [1.29, 1.82) is 5.26 Å². The maximum Gasteiger partial charge on any atom is 0.274 e. The molecular weight excluding hydrogens is 350 g/mol. The van der Waals surface area contributed by atoms with Crippen molar-refractivity contribution >= 4 is 17.4 Å². The van der Waals surface area contributed by atoms with Gasteiger partial charge >= 0.3 is 0 Å². The van der Waals surface area contributed by atoms with Crippen LogP contribution >= 0.6 is 0 Å². The average Bonchev–Trinajstić information content (AvgIpc) is 2.74. The predicted molar refractivity (Wildman–Crippen MR) is 110 cm³/mol. The number of aromatic nitrogens is 2. The second-order valence-electron chi connectivity index (χ2n) is 6.42. The molecule has 1 unspecified atom stereocenters. The zero-order valence-corrected chi connectivity index (χ0v) is 15.8. The smallest absolute Gasteiger partial charge is 0.274 e. The number of carbonyl (C=O) groups is 1. The SMILES string of the molecule is CCC(C)Nc1cc(C(=O)Nc2ccc(C#N)cc2)nc(-c2ccccc2)n1. The summed E-state index contributed by atoms with van der Waals surface area (Å²) in [7, 11) is 0. The van der Waals surface area contributed by atoms with Crippen LogP contribution in [-0.2, 0) is 0 Å². The van der Waals surface area contributed by atoms with Crippen LogP contribution in [0.15, 0.2) is 60.7 Å². The molecule has 0 saturated heterocycles. The number of benzene rings is 2. The van der Waals surface area contributed by atoms with E-state index in [-0.39, 0.29) is 17.6 Å². The Balaban J connectivity index is 1.92. The quantitative estimate of drug-likeness (QED) is 0.667. The van der Waals surface area contributed by atoms with Gasteiger partial charge in [-0.2, -0.15) is 5.26 Å². The summed E-state index contributed by atoms with van der Waals surface area (Å²) in [5.74, 6) is 0.753. The first-order valence-corrected chi connectivity index (χ1v) is 9.11. The normalized spacial score (nSPS) is 11.3. The minimum atomic E-state index is -0.337. The van der Waals surface area contributed by atoms with Gasteiger partial charge in [-0.3, -0.25) is 4.79 Å². The van der Waals surface area contributed by atoms with Gasteiger partial charge in [-0.1, -0.05) is 37.3 Å². The predicted octanol–water partition coefficient (Wildman–Crippen LogP) is 4.48. The lowest BCUT2D eigenvalue weighted by atomic mass is 10.2. The van der Waals surface area contributed by atoms with Crippen molar-refractivity contribution in [2.75, 3.05) is 10.6 Å². The number of nitriles is 1. The monoisotopic (exact) mass is 371 g/mol. The first kappa shape index (κ1) is 19.1. The summed E-state index contributed by atoms with van der Waals surface area (Å²) in [6.07, 6.45) is 0.928. The standard InChI is InChI=1S/C22H21N5O/c1-3-15(2)24-20-13-19(26-21(27-20)17-7-5-4-6-8-17)22(28)25-18-11-9-16(14-23)10-12-18/h4-13,15H,3H2,1-2H3,(H,25,28)(H,24,26,27). The van der Waals surface area contributed by atoms with E-state index < -0.39 is 0 Å². The number of amides is 1. The van der Waals surface area contributed by atoms with Gasteiger partial charge in [0.2, 0.25) is 0 Å². The second kappa shape index (κ2) is 8.78. The molecule has 3 rings (SSSR count). The van der Waals surface area contributed by atoms with E-state index in [0.717, 1.165) is 12.0 Å². The van der Waals surface area contributed by atoms with E-state index in [9.17, 15) is 4.79 Å². The molecule has 6 heteroatoms. The lowest BCUT2D eigenvalue weighted by Crippen LogP contribution is -2.18. The number of hydrogen-bond acceptors (Lipinski definition) is 5. The molecule has 140 valence electrons. The third kappa shape index (κ3) is 4.71. The average molecular weight is 371 g/mol. The molecule has 0 bridgehead atoms. The van der Waals surface area contributed by atoms with Gasteiger partial charge in [0.25, 0.3) is 5.91 Å². The number of nitrogens with one attached hydrogen (secondary N) is 2. The highest BCUT2D eigenvalue weighted by atomic mass is 16.1. The fourth-order valence-electron chi connectivity index (χ4n) is 2.53. The largest absolute Gasteiger partial charge is 0.367 e. The summed E-state index contributed by atoms with van der Waals surface area (Å²) in [5.41, 5.74) is 2.23. The zero-order chi connectivity index (χ0) is 19.9. The maximum atomic E-state index is 12.8. The van der Waals surface area contributed by atoms with E-state index in [0.29, 0.717) is 22.9 Å². The highest BCUT2D eigenvalue weighted by molar-refractivity contribution is 6.03. The Morgan fingerprint density at radius 2 is 1.82 bits per heavy atom. The lowest BCUT2D eigenvalue weighted by molar-refractivity contribution is 0.102. The minimum Gasteiger partial charge on any atom is -0.367 e. The van der Waals surface area contributed by atoms with Crippen molar-refractivity contribution in [2.45, 2.75) is 26.3 Å². The summed E-state index contributed by atoms with van der Waals surface area (Å²) in [6.45, 7) is 4.14. The molecule has 0 radical (unpaired) electrons. The Morgan fingerprint density at radius 1 is 1.11 bits per heavy atom. The molecule has 2 N–H and O–H groups in total. The fraction of sp³-hybridized carbons (Fsp3) is 0.182. The second-order valence-corrected chi connectivity index (χ2v) is 6.42. The van der Waals surface area contributed by atoms with E-state index >= 15 is 0 Å². The highest BCUT2D eigenvalue weighted by Gasteiger charge is 2.14. The molecule has 0 aliphatic heterocycles. The van der Waals surface area contributed by atoms with Crippen LogP contribution in [0.3, 0.4) is 0 Å². The van der Waals surface area contributed by atoms with Gasteiger partial charge in [0, 0.05) is 23.4 Å². The van der Waals surface area contributed by atoms with Crippen LogP contribution in [0.2, 0.25) is 0 Å². The van der Waals surface area contributed by atoms with E-state index in [1.165, 1.54) is 0 Å². The maximum absolute atomic E-state index is 12.8. The van der Waals surface area contributed by atoms with Crippen molar-refractivity contribution < 1.29 is 4.79 Å². The Hall–Kier alpha value is -3.72. The first-order chi connectivity index (χ1) is 13.6. The van der Waals surface area contributed by atoms with Gasteiger partial charge in [-0.05, 0) is 37.6 Å². The van der Waals surface area contributed by atoms with Crippen LogP contribution in [0, 0.1) is 11.3 Å². The van der Waals surface area contributed by atoms with Crippen molar-refractivity contribution in [1.82, 2.24) is 9.97 Å². The Kier molecular flexibility index (Phi) is 5.97. The Labute approximate surface area is 164 Å². The molecule has 6 nitrogen and oxygen atoms in total. The van der Waals surface area contributed by atoms with Crippen LogP contribution in [0.4, 0.5) is 11.5 Å². The van der Waals surface area contributed by atoms with E-state index in [1.807, 2.05) is 30.3 Å². The van der Waals surface area contributed by atoms with Crippen molar-refractivity contribution in [2.24, 2.45) is 0 Å². The van der Waals surface area contributed by atoms with Gasteiger partial charge in [-0.25, -0.2) is 9.97 Å². The summed E-state index contributed by atoms with van der Waals surface area (Å²) in [4.78, 5) is 21.8. The topological polar surface area (TPSA) is 90.7 Å². The molecule has 1 aromatic heterocycles. The Bertz CT molecular complexity index is 994. The van der Waals surface area contributed by atoms with Gasteiger partial charge in [0.1, 0.15) is 11.5 Å². The molecule has 1 heterocycles. The summed E-state index contributed by atoms with van der Waals surface area (Å²) in [6, 6.07) is 20.2. The van der Waals surface area contributed by atoms with Crippen molar-refractivity contribution in [3.63, 3.8) is 0 Å². The molecule has 1 atom stereocenters. The number of nitrogens with zero attached hydrogens (tertiary/aromatic N) is 3. The molecule has 1 amide bonds. The minimum absolute atomic E-state index is 0.216. The fourth-order valence-corrected chi connectivity index (χ4v) is 2.53. The van der Waals surface area contributed by atoms with Crippen molar-refractivity contribution in [3.05, 3.63) is 71.9 Å².